The van der Waals surface area contributed by atoms with Crippen molar-refractivity contribution in [2.24, 2.45) is 0 Å². The summed E-state index contributed by atoms with van der Waals surface area (Å²) in [5.41, 5.74) is 0. The smallest absolute Gasteiger partial charge is 0.119 e. The molecule has 0 spiro atoms. The van der Waals surface area contributed by atoms with Gasteiger partial charge in [0.15, 0.2) is 0 Å². The monoisotopic (exact) mass is 111 g/mol. The van der Waals surface area contributed by atoms with E-state index < -0.39 is 0 Å². The Labute approximate surface area is 47.0 Å². The highest BCUT2D eigenvalue weighted by atomic mass is 16.3. The highest BCUT2D eigenvalue weighted by molar-refractivity contribution is 5.30. The quantitative estimate of drug-likeness (QED) is 0.526. The summed E-state index contributed by atoms with van der Waals surface area (Å²) >= 11 is 0. The first-order chi connectivity index (χ1) is 3.79. The van der Waals surface area contributed by atoms with Gasteiger partial charge in [0, 0.05) is 6.07 Å². The molecule has 1 aromatic rings. The summed E-state index contributed by atoms with van der Waals surface area (Å²) < 4.78 is 0. The van der Waals surface area contributed by atoms with Crippen molar-refractivity contribution in [3.63, 3.8) is 0 Å². The second kappa shape index (κ2) is 1.74. The molecule has 0 bridgehead atoms. The number of phenolic OH excluding ortho intramolecular Hbond substituents is 2. The molecule has 0 saturated carbocycles. The van der Waals surface area contributed by atoms with Gasteiger partial charge in [-0.25, -0.2) is 0 Å². The van der Waals surface area contributed by atoms with Crippen LogP contribution < -0.4 is 0 Å². The van der Waals surface area contributed by atoms with Crippen LogP contribution in [0.15, 0.2) is 24.3 Å². The molecule has 0 unspecified atom stereocenters. The van der Waals surface area contributed by atoms with Crippen LogP contribution in [0.3, 0.4) is 0 Å². The first-order valence-electron chi connectivity index (χ1n) is 2.27. The minimum absolute atomic E-state index is 0.0880. The van der Waals surface area contributed by atoms with Gasteiger partial charge in [0.2, 0.25) is 0 Å². The molecule has 2 N–H and O–H groups in total. The average Bonchev–Trinajstić information content (AvgIpc) is 1.64. The Bertz CT molecular complexity index is 166. The van der Waals surface area contributed by atoms with Gasteiger partial charge in [-0.05, 0) is 12.1 Å². The van der Waals surface area contributed by atoms with Gasteiger partial charge in [0.05, 0.1) is 0 Å². The summed E-state index contributed by atoms with van der Waals surface area (Å²) in [6.07, 6.45) is 0. The number of aromatic hydroxyl groups is 2. The Kier molecular flexibility index (Phi) is 1.08. The zero-order valence-corrected chi connectivity index (χ0v) is 4.20. The van der Waals surface area contributed by atoms with Gasteiger partial charge in [-0.3, -0.25) is 0 Å². The van der Waals surface area contributed by atoms with Crippen molar-refractivity contribution in [3.8, 4) is 11.5 Å². The predicted molar refractivity (Wildman–Crippen MR) is 29.8 cm³/mol. The average molecular weight is 111 g/mol. The molecule has 42 valence electrons. The zero-order chi connectivity index (χ0) is 5.98. The molecule has 1 rings (SSSR count). The summed E-state index contributed by atoms with van der Waals surface area (Å²) in [7, 11) is 0. The molecule has 0 aliphatic heterocycles. The van der Waals surface area contributed by atoms with E-state index in [1.807, 2.05) is 0 Å². The Morgan fingerprint density at radius 2 is 1.50 bits per heavy atom. The van der Waals surface area contributed by atoms with Crippen LogP contribution in [-0.4, -0.2) is 10.2 Å². The maximum Gasteiger partial charge on any atom is 0.119 e. The predicted octanol–water partition coefficient (Wildman–Crippen LogP) is 1.10. The molecule has 2 nitrogen and oxygen atoms in total. The molecule has 0 aliphatic carbocycles. The zero-order valence-electron chi connectivity index (χ0n) is 4.20. The van der Waals surface area contributed by atoms with Crippen LogP contribution in [0.5, 0.6) is 11.5 Å². The van der Waals surface area contributed by atoms with Gasteiger partial charge in [-0.15, -0.1) is 0 Å². The molecule has 0 aromatic heterocycles. The second-order valence-electron chi connectivity index (χ2n) is 1.52. The number of benzene rings is 1. The summed E-state index contributed by atoms with van der Waals surface area (Å²) in [6.45, 7) is 0. The highest BCUT2D eigenvalue weighted by Crippen LogP contribution is 2.14. The van der Waals surface area contributed by atoms with Crippen LogP contribution in [0, 0.1) is 0 Å². The minimum atomic E-state index is 0.0880. The number of hydrogen-bond donors (Lipinski definition) is 2. The normalized spacial score (nSPS) is 9.00. The first-order valence-corrected chi connectivity index (χ1v) is 2.27. The van der Waals surface area contributed by atoms with E-state index in [0.717, 1.165) is 0 Å². The number of phenols is 2. The fourth-order valence-electron chi connectivity index (χ4n) is 0.493. The topological polar surface area (TPSA) is 40.5 Å². The lowest BCUT2D eigenvalue weighted by Gasteiger charge is -1.89. The van der Waals surface area contributed by atoms with Crippen LogP contribution >= 0.6 is 0 Å². The molecule has 0 saturated heterocycles. The van der Waals surface area contributed by atoms with Gasteiger partial charge in [0.25, 0.3) is 0 Å². The van der Waals surface area contributed by atoms with E-state index >= 15 is 0 Å². The van der Waals surface area contributed by atoms with E-state index in [0.29, 0.717) is 0 Å². The third-order valence-corrected chi connectivity index (χ3v) is 0.830. The third kappa shape index (κ3) is 0.904. The van der Waals surface area contributed by atoms with Crippen LogP contribution in [0.2, 0.25) is 0 Å². The Morgan fingerprint density at radius 1 is 1.00 bits per heavy atom. The van der Waals surface area contributed by atoms with E-state index in [4.69, 9.17) is 10.2 Å². The van der Waals surface area contributed by atoms with Crippen LogP contribution in [0.4, 0.5) is 0 Å². The van der Waals surface area contributed by atoms with Crippen molar-refractivity contribution >= 4 is 0 Å². The SMILES string of the molecule is Oc1cccc(O)[13cH]1. The maximum atomic E-state index is 8.65. The molecule has 0 amide bonds. The molecule has 0 atom stereocenters. The van der Waals surface area contributed by atoms with E-state index in [9.17, 15) is 0 Å². The van der Waals surface area contributed by atoms with Gasteiger partial charge in [-0.1, -0.05) is 6.07 Å². The molecule has 1 aromatic carbocycles. The van der Waals surface area contributed by atoms with Crippen molar-refractivity contribution in [1.82, 2.24) is 0 Å². The second-order valence-corrected chi connectivity index (χ2v) is 1.52. The summed E-state index contributed by atoms with van der Waals surface area (Å²) in [4.78, 5) is 0. The molecular weight excluding hydrogens is 105 g/mol. The van der Waals surface area contributed by atoms with Crippen LogP contribution in [-0.2, 0) is 0 Å². The molecule has 0 aliphatic rings. The van der Waals surface area contributed by atoms with Gasteiger partial charge < -0.3 is 10.2 Å². The Balaban J connectivity index is 3.08. The lowest BCUT2D eigenvalue weighted by molar-refractivity contribution is 0.450. The number of rotatable bonds is 0. The van der Waals surface area contributed by atoms with E-state index in [2.05, 4.69) is 0 Å². The summed E-state index contributed by atoms with van der Waals surface area (Å²) in [5.74, 6) is 0.176. The minimum Gasteiger partial charge on any atom is -0.508 e. The first kappa shape index (κ1) is 4.97. The third-order valence-electron chi connectivity index (χ3n) is 0.830. The van der Waals surface area contributed by atoms with Gasteiger partial charge in [0.1, 0.15) is 11.5 Å². The lowest BCUT2D eigenvalue weighted by Crippen LogP contribution is -1.61. The van der Waals surface area contributed by atoms with Crippen molar-refractivity contribution in [3.05, 3.63) is 24.3 Å². The van der Waals surface area contributed by atoms with Gasteiger partial charge >= 0.3 is 0 Å². The van der Waals surface area contributed by atoms with E-state index in [1.54, 1.807) is 6.07 Å². The molecule has 0 heterocycles. The Hall–Kier alpha value is -1.18. The fraction of sp³-hybridized carbons (Fsp3) is 0. The van der Waals surface area contributed by atoms with Crippen LogP contribution in [0.1, 0.15) is 0 Å². The van der Waals surface area contributed by atoms with Crippen LogP contribution in [0.25, 0.3) is 0 Å². The lowest BCUT2D eigenvalue weighted by atomic mass is 10.4. The molecule has 0 radical (unpaired) electrons. The standard InChI is InChI=1S/C6H6O2/c7-5-2-1-3-6(8)4-5/h1-4,7-8H/i4+1. The van der Waals surface area contributed by atoms with Crippen molar-refractivity contribution < 1.29 is 10.2 Å². The molecule has 0 fully saturated rings. The van der Waals surface area contributed by atoms with Crippen molar-refractivity contribution in [2.75, 3.05) is 0 Å². The van der Waals surface area contributed by atoms with Crippen molar-refractivity contribution in [2.45, 2.75) is 0 Å². The molecule has 2 heteroatoms. The largest absolute Gasteiger partial charge is 0.508 e. The Morgan fingerprint density at radius 3 is 1.75 bits per heavy atom. The van der Waals surface area contributed by atoms with E-state index in [1.165, 1.54) is 18.2 Å². The molecule has 8 heavy (non-hydrogen) atoms. The summed E-state index contributed by atoms with van der Waals surface area (Å²) in [5, 5.41) is 17.3. The van der Waals surface area contributed by atoms with E-state index in [-0.39, 0.29) is 11.5 Å². The maximum absolute atomic E-state index is 8.65. The van der Waals surface area contributed by atoms with Crippen molar-refractivity contribution in [1.29, 1.82) is 0 Å². The highest BCUT2D eigenvalue weighted by Gasteiger charge is 1.85. The number of hydrogen-bond acceptors (Lipinski definition) is 2. The van der Waals surface area contributed by atoms with Gasteiger partial charge in [-0.2, -0.15) is 0 Å². The molecular formula is C6H6O2. The fourth-order valence-corrected chi connectivity index (χ4v) is 0.493. The summed E-state index contributed by atoms with van der Waals surface area (Å²) in [6, 6.07) is 5.85.